The maximum Gasteiger partial charge on any atom is 0.239 e. The summed E-state index contributed by atoms with van der Waals surface area (Å²) < 4.78 is 0. The standard InChI is InChI=1S/C17H25ClN2O2/c1-3-4-5-10-19-17(22)13-20(14(2)21)11-9-15-7-6-8-16(18)12-15/h6-8,12H,3-5,9-11,13H2,1-2H3,(H,19,22). The molecule has 0 atom stereocenters. The van der Waals surface area contributed by atoms with Gasteiger partial charge in [0.1, 0.15) is 0 Å². The monoisotopic (exact) mass is 324 g/mol. The Hall–Kier alpha value is -1.55. The van der Waals surface area contributed by atoms with E-state index in [9.17, 15) is 9.59 Å². The zero-order chi connectivity index (χ0) is 16.4. The number of nitrogens with one attached hydrogen (secondary N) is 1. The van der Waals surface area contributed by atoms with E-state index in [0.29, 0.717) is 24.5 Å². The fourth-order valence-corrected chi connectivity index (χ4v) is 2.35. The first-order valence-electron chi connectivity index (χ1n) is 7.79. The molecular weight excluding hydrogens is 300 g/mol. The third-order valence-electron chi connectivity index (χ3n) is 3.44. The molecule has 0 spiro atoms. The number of rotatable bonds is 9. The number of carbonyl (C=O) groups excluding carboxylic acids is 2. The van der Waals surface area contributed by atoms with Crippen molar-refractivity contribution in [1.82, 2.24) is 10.2 Å². The van der Waals surface area contributed by atoms with Gasteiger partial charge in [0.15, 0.2) is 0 Å². The summed E-state index contributed by atoms with van der Waals surface area (Å²) in [6, 6.07) is 7.55. The molecule has 0 saturated heterocycles. The second kappa shape index (κ2) is 10.2. The molecule has 5 heteroatoms. The maximum atomic E-state index is 11.9. The highest BCUT2D eigenvalue weighted by molar-refractivity contribution is 6.30. The highest BCUT2D eigenvalue weighted by atomic mass is 35.5. The predicted octanol–water partition coefficient (Wildman–Crippen LogP) is 3.04. The van der Waals surface area contributed by atoms with Crippen LogP contribution in [0.3, 0.4) is 0 Å². The summed E-state index contributed by atoms with van der Waals surface area (Å²) in [6.07, 6.45) is 3.88. The first kappa shape index (κ1) is 18.5. The molecule has 122 valence electrons. The summed E-state index contributed by atoms with van der Waals surface area (Å²) in [7, 11) is 0. The largest absolute Gasteiger partial charge is 0.355 e. The smallest absolute Gasteiger partial charge is 0.239 e. The van der Waals surface area contributed by atoms with Crippen LogP contribution in [0.4, 0.5) is 0 Å². The van der Waals surface area contributed by atoms with E-state index in [4.69, 9.17) is 11.6 Å². The van der Waals surface area contributed by atoms with Gasteiger partial charge >= 0.3 is 0 Å². The van der Waals surface area contributed by atoms with Gasteiger partial charge in [-0.2, -0.15) is 0 Å². The Labute approximate surface area is 137 Å². The molecule has 22 heavy (non-hydrogen) atoms. The van der Waals surface area contributed by atoms with Gasteiger partial charge in [0.2, 0.25) is 11.8 Å². The van der Waals surface area contributed by atoms with Crippen molar-refractivity contribution >= 4 is 23.4 Å². The lowest BCUT2D eigenvalue weighted by molar-refractivity contribution is -0.134. The fourth-order valence-electron chi connectivity index (χ4n) is 2.14. The van der Waals surface area contributed by atoms with Crippen molar-refractivity contribution in [3.05, 3.63) is 34.9 Å². The van der Waals surface area contributed by atoms with E-state index in [1.807, 2.05) is 24.3 Å². The molecule has 1 N–H and O–H groups in total. The second-order valence-electron chi connectivity index (χ2n) is 5.38. The maximum absolute atomic E-state index is 11.9. The molecular formula is C17H25ClN2O2. The van der Waals surface area contributed by atoms with Crippen LogP contribution in [-0.2, 0) is 16.0 Å². The highest BCUT2D eigenvalue weighted by Crippen LogP contribution is 2.11. The molecule has 0 aliphatic rings. The van der Waals surface area contributed by atoms with E-state index in [1.54, 1.807) is 4.90 Å². The van der Waals surface area contributed by atoms with Gasteiger partial charge in [0.25, 0.3) is 0 Å². The third kappa shape index (κ3) is 7.46. The normalized spacial score (nSPS) is 10.3. The van der Waals surface area contributed by atoms with Gasteiger partial charge < -0.3 is 10.2 Å². The zero-order valence-electron chi connectivity index (χ0n) is 13.4. The van der Waals surface area contributed by atoms with Crippen molar-refractivity contribution in [3.63, 3.8) is 0 Å². The molecule has 1 aromatic rings. The number of hydrogen-bond acceptors (Lipinski definition) is 2. The Morgan fingerprint density at radius 2 is 2.05 bits per heavy atom. The molecule has 4 nitrogen and oxygen atoms in total. The topological polar surface area (TPSA) is 49.4 Å². The van der Waals surface area contributed by atoms with E-state index in [2.05, 4.69) is 12.2 Å². The second-order valence-corrected chi connectivity index (χ2v) is 5.81. The van der Waals surface area contributed by atoms with Gasteiger partial charge in [-0.1, -0.05) is 43.5 Å². The van der Waals surface area contributed by atoms with Crippen molar-refractivity contribution in [2.45, 2.75) is 39.5 Å². The van der Waals surface area contributed by atoms with Crippen molar-refractivity contribution in [2.24, 2.45) is 0 Å². The van der Waals surface area contributed by atoms with Crippen LogP contribution in [0.25, 0.3) is 0 Å². The summed E-state index contributed by atoms with van der Waals surface area (Å²) in [5, 5.41) is 3.54. The number of halogens is 1. The quantitative estimate of drug-likeness (QED) is 0.710. The summed E-state index contributed by atoms with van der Waals surface area (Å²) in [5.41, 5.74) is 1.06. The average Bonchev–Trinajstić information content (AvgIpc) is 2.47. The lowest BCUT2D eigenvalue weighted by Gasteiger charge is -2.20. The molecule has 1 aromatic carbocycles. The Kier molecular flexibility index (Phi) is 8.60. The van der Waals surface area contributed by atoms with Gasteiger partial charge in [-0.15, -0.1) is 0 Å². The van der Waals surface area contributed by atoms with Crippen LogP contribution in [0.5, 0.6) is 0 Å². The number of nitrogens with zero attached hydrogens (tertiary/aromatic N) is 1. The van der Waals surface area contributed by atoms with Gasteiger partial charge in [-0.05, 0) is 30.5 Å². The minimum Gasteiger partial charge on any atom is -0.355 e. The molecule has 0 heterocycles. The molecule has 0 fully saturated rings. The summed E-state index contributed by atoms with van der Waals surface area (Å²) >= 11 is 5.95. The number of benzene rings is 1. The molecule has 0 unspecified atom stereocenters. The number of unbranched alkanes of at least 4 members (excludes halogenated alkanes) is 2. The van der Waals surface area contributed by atoms with Crippen LogP contribution in [0.2, 0.25) is 5.02 Å². The predicted molar refractivity (Wildman–Crippen MR) is 89.9 cm³/mol. The number of hydrogen-bond donors (Lipinski definition) is 1. The Morgan fingerprint density at radius 3 is 2.68 bits per heavy atom. The van der Waals surface area contributed by atoms with E-state index in [0.717, 1.165) is 24.8 Å². The molecule has 0 aliphatic heterocycles. The lowest BCUT2D eigenvalue weighted by Crippen LogP contribution is -2.41. The van der Waals surface area contributed by atoms with Crippen LogP contribution >= 0.6 is 11.6 Å². The van der Waals surface area contributed by atoms with Gasteiger partial charge in [0.05, 0.1) is 6.54 Å². The molecule has 0 aliphatic carbocycles. The first-order valence-corrected chi connectivity index (χ1v) is 8.17. The lowest BCUT2D eigenvalue weighted by atomic mass is 10.1. The van der Waals surface area contributed by atoms with Gasteiger partial charge in [-0.25, -0.2) is 0 Å². The van der Waals surface area contributed by atoms with Crippen molar-refractivity contribution in [3.8, 4) is 0 Å². The Morgan fingerprint density at radius 1 is 1.27 bits per heavy atom. The van der Waals surface area contributed by atoms with Crippen LogP contribution < -0.4 is 5.32 Å². The van der Waals surface area contributed by atoms with E-state index in [1.165, 1.54) is 6.92 Å². The van der Waals surface area contributed by atoms with Crippen LogP contribution in [0.15, 0.2) is 24.3 Å². The Balaban J connectivity index is 2.41. The van der Waals surface area contributed by atoms with Crippen molar-refractivity contribution < 1.29 is 9.59 Å². The van der Waals surface area contributed by atoms with Gasteiger partial charge in [0, 0.05) is 25.0 Å². The summed E-state index contributed by atoms with van der Waals surface area (Å²) in [5.74, 6) is -0.192. The molecule has 2 amide bonds. The Bertz CT molecular complexity index is 491. The van der Waals surface area contributed by atoms with Crippen molar-refractivity contribution in [2.75, 3.05) is 19.6 Å². The number of amides is 2. The molecule has 0 aromatic heterocycles. The highest BCUT2D eigenvalue weighted by Gasteiger charge is 2.13. The minimum absolute atomic E-state index is 0.0919. The van der Waals surface area contributed by atoms with E-state index < -0.39 is 0 Å². The minimum atomic E-state index is -0.0996. The van der Waals surface area contributed by atoms with E-state index in [-0.39, 0.29) is 18.4 Å². The number of carbonyl (C=O) groups is 2. The fraction of sp³-hybridized carbons (Fsp3) is 0.529. The molecule has 0 saturated carbocycles. The third-order valence-corrected chi connectivity index (χ3v) is 3.68. The van der Waals surface area contributed by atoms with Gasteiger partial charge in [-0.3, -0.25) is 9.59 Å². The summed E-state index contributed by atoms with van der Waals surface area (Å²) in [6.45, 7) is 4.91. The SMILES string of the molecule is CCCCCNC(=O)CN(CCc1cccc(Cl)c1)C(C)=O. The van der Waals surface area contributed by atoms with Crippen molar-refractivity contribution in [1.29, 1.82) is 0 Å². The van der Waals surface area contributed by atoms with Crippen LogP contribution in [0.1, 0.15) is 38.7 Å². The summed E-state index contributed by atoms with van der Waals surface area (Å²) in [4.78, 5) is 25.1. The van der Waals surface area contributed by atoms with Crippen LogP contribution in [0, 0.1) is 0 Å². The van der Waals surface area contributed by atoms with E-state index >= 15 is 0 Å². The average molecular weight is 325 g/mol. The van der Waals surface area contributed by atoms with Crippen LogP contribution in [-0.4, -0.2) is 36.3 Å². The molecule has 0 radical (unpaired) electrons. The zero-order valence-corrected chi connectivity index (χ0v) is 14.2. The molecule has 1 rings (SSSR count). The molecule has 0 bridgehead atoms. The first-order chi connectivity index (χ1) is 10.5.